The Bertz CT molecular complexity index is 1200. The Morgan fingerprint density at radius 3 is 2.39 bits per heavy atom. The Morgan fingerprint density at radius 1 is 1.16 bits per heavy atom. The van der Waals surface area contributed by atoms with Crippen molar-refractivity contribution in [2.75, 3.05) is 7.11 Å². The van der Waals surface area contributed by atoms with Crippen LogP contribution in [-0.4, -0.2) is 39.8 Å². The number of methoxy groups -OCH3 is 1. The maximum Gasteiger partial charge on any atom is 0.339 e. The normalized spacial score (nSPS) is 12.2. The second-order valence-corrected chi connectivity index (χ2v) is 6.65. The third kappa shape index (κ3) is 4.37. The van der Waals surface area contributed by atoms with E-state index in [4.69, 9.17) is 16.2 Å². The number of fused-ring (bicyclic) bond motifs is 1. The van der Waals surface area contributed by atoms with Gasteiger partial charge in [0.1, 0.15) is 23.2 Å². The largest absolute Gasteiger partial charge is 0.495 e. The van der Waals surface area contributed by atoms with Gasteiger partial charge in [0.05, 0.1) is 30.1 Å². The van der Waals surface area contributed by atoms with E-state index in [1.54, 1.807) is 24.3 Å². The number of primary amides is 2. The maximum atomic E-state index is 13.2. The molecule has 0 bridgehead atoms. The number of amides is 2. The molecule has 0 fully saturated rings. The van der Waals surface area contributed by atoms with Gasteiger partial charge in [-0.2, -0.15) is 5.10 Å². The summed E-state index contributed by atoms with van der Waals surface area (Å²) in [7, 11) is 1.31. The number of halogens is 1. The summed E-state index contributed by atoms with van der Waals surface area (Å²) in [4.78, 5) is 35.1. The van der Waals surface area contributed by atoms with Gasteiger partial charge in [0.2, 0.25) is 11.8 Å². The van der Waals surface area contributed by atoms with Gasteiger partial charge in [-0.25, -0.2) is 9.18 Å². The number of benzene rings is 2. The maximum absolute atomic E-state index is 13.2. The van der Waals surface area contributed by atoms with E-state index in [2.05, 4.69) is 5.10 Å². The average molecular weight is 426 g/mol. The molecule has 9 nitrogen and oxygen atoms in total. The number of nitrogens with two attached hydrogens (primary N) is 2. The Kier molecular flexibility index (Phi) is 6.00. The summed E-state index contributed by atoms with van der Waals surface area (Å²) in [6.07, 6.45) is 2.80. The van der Waals surface area contributed by atoms with Crippen molar-refractivity contribution in [2.45, 2.75) is 12.5 Å². The number of carboxylic acids is 1. The molecule has 31 heavy (non-hydrogen) atoms. The number of hydrogen-bond acceptors (Lipinski definition) is 5. The second-order valence-electron chi connectivity index (χ2n) is 6.65. The summed E-state index contributed by atoms with van der Waals surface area (Å²) in [6, 6.07) is 7.23. The van der Waals surface area contributed by atoms with Gasteiger partial charge >= 0.3 is 5.97 Å². The van der Waals surface area contributed by atoms with Crippen LogP contribution in [0.4, 0.5) is 4.39 Å². The minimum atomic E-state index is -1.22. The van der Waals surface area contributed by atoms with Crippen molar-refractivity contribution in [1.82, 2.24) is 9.78 Å². The fraction of sp³-hybridized carbons (Fsp3) is 0.143. The molecule has 3 aromatic rings. The van der Waals surface area contributed by atoms with Crippen LogP contribution in [0.5, 0.6) is 5.75 Å². The molecule has 0 aliphatic carbocycles. The highest BCUT2D eigenvalue weighted by Crippen LogP contribution is 2.35. The van der Waals surface area contributed by atoms with Crippen LogP contribution in [-0.2, 0) is 9.59 Å². The van der Waals surface area contributed by atoms with Crippen molar-refractivity contribution in [3.63, 3.8) is 0 Å². The first kappa shape index (κ1) is 21.5. The molecule has 0 saturated carbocycles. The Labute approximate surface area is 175 Å². The first-order chi connectivity index (χ1) is 14.7. The van der Waals surface area contributed by atoms with Gasteiger partial charge in [0.25, 0.3) is 0 Å². The van der Waals surface area contributed by atoms with Crippen LogP contribution in [0.15, 0.2) is 36.4 Å². The number of carbonyl (C=O) groups excluding carboxylic acids is 2. The molecule has 0 aliphatic rings. The Morgan fingerprint density at radius 2 is 1.84 bits per heavy atom. The minimum absolute atomic E-state index is 0.0253. The molecular weight excluding hydrogens is 407 g/mol. The number of rotatable bonds is 8. The summed E-state index contributed by atoms with van der Waals surface area (Å²) in [5.41, 5.74) is 11.8. The summed E-state index contributed by atoms with van der Waals surface area (Å²) in [5.74, 6) is -3.18. The summed E-state index contributed by atoms with van der Waals surface area (Å²) < 4.78 is 19.7. The second kappa shape index (κ2) is 8.66. The van der Waals surface area contributed by atoms with Gasteiger partial charge in [-0.1, -0.05) is 18.2 Å². The van der Waals surface area contributed by atoms with E-state index in [1.165, 1.54) is 36.1 Å². The molecule has 1 aromatic heterocycles. The topological polar surface area (TPSA) is 151 Å². The summed E-state index contributed by atoms with van der Waals surface area (Å²) >= 11 is 0. The molecule has 2 aromatic carbocycles. The van der Waals surface area contributed by atoms with Gasteiger partial charge in [0.15, 0.2) is 0 Å². The molecule has 0 aliphatic heterocycles. The van der Waals surface area contributed by atoms with Crippen molar-refractivity contribution < 1.29 is 28.6 Å². The standard InChI is InChI=1S/C21H19FN4O5/c1-31-19-13(21(29)30)7-9-15-18(19)14(8-4-11-2-5-12(22)6-3-11)25-26(15)16(20(24)28)10-17(23)27/h2-9,16H,10H2,1H3,(H2,23,27)(H2,24,28)(H,29,30). The van der Waals surface area contributed by atoms with Gasteiger partial charge in [-0.3, -0.25) is 14.3 Å². The molecule has 1 unspecified atom stereocenters. The minimum Gasteiger partial charge on any atom is -0.495 e. The van der Waals surface area contributed by atoms with Gasteiger partial charge in [-0.15, -0.1) is 0 Å². The Hall–Kier alpha value is -4.21. The van der Waals surface area contributed by atoms with Crippen molar-refractivity contribution >= 4 is 40.8 Å². The molecule has 160 valence electrons. The zero-order chi connectivity index (χ0) is 22.7. The molecule has 0 radical (unpaired) electrons. The van der Waals surface area contributed by atoms with Crippen LogP contribution in [0, 0.1) is 5.82 Å². The lowest BCUT2D eigenvalue weighted by molar-refractivity contribution is -0.126. The fourth-order valence-corrected chi connectivity index (χ4v) is 3.21. The van der Waals surface area contributed by atoms with Crippen LogP contribution in [0.2, 0.25) is 0 Å². The third-order valence-electron chi connectivity index (χ3n) is 4.61. The number of carboxylic acid groups (broad SMARTS) is 1. The lowest BCUT2D eigenvalue weighted by Crippen LogP contribution is -2.31. The van der Waals surface area contributed by atoms with Crippen molar-refractivity contribution in [3.8, 4) is 5.75 Å². The molecule has 10 heteroatoms. The van der Waals surface area contributed by atoms with Gasteiger partial charge in [0, 0.05) is 0 Å². The zero-order valence-electron chi connectivity index (χ0n) is 16.4. The lowest BCUT2D eigenvalue weighted by atomic mass is 10.1. The molecule has 2 amide bonds. The molecule has 0 spiro atoms. The molecule has 0 saturated heterocycles. The van der Waals surface area contributed by atoms with Crippen molar-refractivity contribution in [1.29, 1.82) is 0 Å². The quantitative estimate of drug-likeness (QED) is 0.501. The van der Waals surface area contributed by atoms with E-state index >= 15 is 0 Å². The Balaban J connectivity index is 2.26. The van der Waals surface area contributed by atoms with Crippen LogP contribution < -0.4 is 16.2 Å². The number of ether oxygens (including phenoxy) is 1. The van der Waals surface area contributed by atoms with Gasteiger partial charge < -0.3 is 21.3 Å². The number of aromatic carboxylic acids is 1. The zero-order valence-corrected chi connectivity index (χ0v) is 16.4. The van der Waals surface area contributed by atoms with E-state index in [-0.39, 0.29) is 17.0 Å². The van der Waals surface area contributed by atoms with Crippen molar-refractivity contribution in [2.24, 2.45) is 11.5 Å². The predicted molar refractivity (Wildman–Crippen MR) is 111 cm³/mol. The van der Waals surface area contributed by atoms with Crippen LogP contribution >= 0.6 is 0 Å². The highest BCUT2D eigenvalue weighted by Gasteiger charge is 2.27. The highest BCUT2D eigenvalue weighted by molar-refractivity contribution is 6.03. The van der Waals surface area contributed by atoms with Crippen LogP contribution in [0.1, 0.15) is 34.1 Å². The lowest BCUT2D eigenvalue weighted by Gasteiger charge is -2.14. The van der Waals surface area contributed by atoms with E-state index < -0.39 is 36.1 Å². The third-order valence-corrected chi connectivity index (χ3v) is 4.61. The summed E-state index contributed by atoms with van der Waals surface area (Å²) in [5, 5.41) is 14.2. The average Bonchev–Trinajstić information content (AvgIpc) is 3.09. The number of aromatic nitrogens is 2. The smallest absolute Gasteiger partial charge is 0.339 e. The van der Waals surface area contributed by atoms with Crippen molar-refractivity contribution in [3.05, 3.63) is 59.0 Å². The predicted octanol–water partition coefficient (Wildman–Crippen LogP) is 1.95. The van der Waals surface area contributed by atoms with E-state index in [1.807, 2.05) is 0 Å². The monoisotopic (exact) mass is 426 g/mol. The van der Waals surface area contributed by atoms with Crippen LogP contribution in [0.25, 0.3) is 23.1 Å². The van der Waals surface area contributed by atoms with E-state index in [0.29, 0.717) is 16.5 Å². The fourth-order valence-electron chi connectivity index (χ4n) is 3.21. The molecule has 1 heterocycles. The number of hydrogen-bond donors (Lipinski definition) is 3. The number of carbonyl (C=O) groups is 3. The van der Waals surface area contributed by atoms with E-state index in [9.17, 15) is 23.9 Å². The molecule has 1 atom stereocenters. The first-order valence-corrected chi connectivity index (χ1v) is 9.06. The van der Waals surface area contributed by atoms with E-state index in [0.717, 1.165) is 0 Å². The SMILES string of the molecule is COc1c(C(=O)O)ccc2c1c(C=Cc1ccc(F)cc1)nn2C(CC(N)=O)C(N)=O. The highest BCUT2D eigenvalue weighted by atomic mass is 19.1. The van der Waals surface area contributed by atoms with Gasteiger partial charge in [-0.05, 0) is 35.9 Å². The molecule has 3 rings (SSSR count). The summed E-state index contributed by atoms with van der Waals surface area (Å²) in [6.45, 7) is 0. The first-order valence-electron chi connectivity index (χ1n) is 9.06. The molecule has 5 N–H and O–H groups in total. The van der Waals surface area contributed by atoms with Crippen LogP contribution in [0.3, 0.4) is 0 Å². The number of nitrogens with zero attached hydrogens (tertiary/aromatic N) is 2. The molecular formula is C21H19FN4O5.